The molecule has 0 saturated heterocycles. The Morgan fingerprint density at radius 3 is 2.52 bits per heavy atom. The van der Waals surface area contributed by atoms with E-state index in [-0.39, 0.29) is 17.5 Å². The van der Waals surface area contributed by atoms with E-state index in [4.69, 9.17) is 0 Å². The van der Waals surface area contributed by atoms with Crippen LogP contribution in [0, 0.1) is 0 Å². The molecule has 0 saturated carbocycles. The molecule has 0 radical (unpaired) electrons. The zero-order valence-electron chi connectivity index (χ0n) is 10.8. The molecule has 108 valence electrons. The normalized spacial score (nSPS) is 12.0. The zero-order chi connectivity index (χ0) is 15.0. The van der Waals surface area contributed by atoms with Crippen molar-refractivity contribution in [3.05, 3.63) is 75.8 Å². The molecule has 6 heteroatoms. The SMILES string of the molecule is O=c1cccc2[nH]c(Cc3ccccc3C(F)(F)F)cn12. The fourth-order valence-electron chi connectivity index (χ4n) is 2.33. The lowest BCUT2D eigenvalue weighted by Gasteiger charge is -2.11. The number of rotatable bonds is 2. The van der Waals surface area contributed by atoms with E-state index in [0.717, 1.165) is 6.07 Å². The number of alkyl halides is 3. The first-order valence-electron chi connectivity index (χ1n) is 6.29. The summed E-state index contributed by atoms with van der Waals surface area (Å²) in [6.45, 7) is 0. The number of nitrogens with zero attached hydrogens (tertiary/aromatic N) is 1. The molecule has 2 aromatic heterocycles. The van der Waals surface area contributed by atoms with Crippen LogP contribution >= 0.6 is 0 Å². The number of hydrogen-bond acceptors (Lipinski definition) is 1. The van der Waals surface area contributed by atoms with Crippen molar-refractivity contribution in [2.75, 3.05) is 0 Å². The van der Waals surface area contributed by atoms with Crippen LogP contribution in [-0.2, 0) is 12.6 Å². The van der Waals surface area contributed by atoms with Gasteiger partial charge in [-0.15, -0.1) is 0 Å². The Morgan fingerprint density at radius 2 is 1.81 bits per heavy atom. The summed E-state index contributed by atoms with van der Waals surface area (Å²) in [5.41, 5.74) is 0.400. The van der Waals surface area contributed by atoms with Crippen LogP contribution in [0.25, 0.3) is 5.65 Å². The predicted molar refractivity (Wildman–Crippen MR) is 72.3 cm³/mol. The van der Waals surface area contributed by atoms with Gasteiger partial charge in [0.2, 0.25) is 0 Å². The van der Waals surface area contributed by atoms with Crippen molar-refractivity contribution in [1.82, 2.24) is 9.38 Å². The fourth-order valence-corrected chi connectivity index (χ4v) is 2.33. The minimum atomic E-state index is -4.39. The molecular weight excluding hydrogens is 281 g/mol. The Balaban J connectivity index is 2.03. The molecule has 0 aliphatic heterocycles. The van der Waals surface area contributed by atoms with Crippen LogP contribution in [0.15, 0.2) is 53.5 Å². The Labute approximate surface area is 117 Å². The van der Waals surface area contributed by atoms with E-state index < -0.39 is 11.7 Å². The summed E-state index contributed by atoms with van der Waals surface area (Å²) in [4.78, 5) is 14.6. The molecule has 0 amide bonds. The lowest BCUT2D eigenvalue weighted by molar-refractivity contribution is -0.138. The van der Waals surface area contributed by atoms with Gasteiger partial charge in [0.25, 0.3) is 5.56 Å². The van der Waals surface area contributed by atoms with E-state index in [0.29, 0.717) is 11.3 Å². The van der Waals surface area contributed by atoms with E-state index in [1.54, 1.807) is 18.2 Å². The molecule has 3 aromatic rings. The highest BCUT2D eigenvalue weighted by atomic mass is 19.4. The maximum absolute atomic E-state index is 13.0. The van der Waals surface area contributed by atoms with Gasteiger partial charge in [0.05, 0.1) is 5.56 Å². The molecule has 0 spiro atoms. The largest absolute Gasteiger partial charge is 0.416 e. The molecule has 2 heterocycles. The Morgan fingerprint density at radius 1 is 1.05 bits per heavy atom. The molecule has 0 unspecified atom stereocenters. The quantitative estimate of drug-likeness (QED) is 0.773. The van der Waals surface area contributed by atoms with Crippen molar-refractivity contribution in [1.29, 1.82) is 0 Å². The molecule has 3 rings (SSSR count). The molecule has 1 aromatic carbocycles. The molecule has 3 nitrogen and oxygen atoms in total. The highest BCUT2D eigenvalue weighted by molar-refractivity contribution is 5.41. The number of nitrogens with one attached hydrogen (secondary N) is 1. The number of benzene rings is 1. The maximum Gasteiger partial charge on any atom is 0.416 e. The minimum Gasteiger partial charge on any atom is -0.343 e. The summed E-state index contributed by atoms with van der Waals surface area (Å²) in [5.74, 6) is 0. The molecule has 0 aliphatic carbocycles. The molecule has 0 aliphatic rings. The number of imidazole rings is 1. The molecule has 0 fully saturated rings. The lowest BCUT2D eigenvalue weighted by atomic mass is 10.0. The van der Waals surface area contributed by atoms with Crippen molar-refractivity contribution in [3.63, 3.8) is 0 Å². The summed E-state index contributed by atoms with van der Waals surface area (Å²) in [6, 6.07) is 10.1. The first-order chi connectivity index (χ1) is 9.95. The number of aromatic nitrogens is 2. The summed E-state index contributed by atoms with van der Waals surface area (Å²) < 4.78 is 40.2. The number of aromatic amines is 1. The van der Waals surface area contributed by atoms with Gasteiger partial charge in [-0.2, -0.15) is 13.2 Å². The first-order valence-corrected chi connectivity index (χ1v) is 6.29. The third-order valence-corrected chi connectivity index (χ3v) is 3.27. The van der Waals surface area contributed by atoms with Crippen molar-refractivity contribution in [2.45, 2.75) is 12.6 Å². The van der Waals surface area contributed by atoms with Crippen LogP contribution < -0.4 is 5.56 Å². The third-order valence-electron chi connectivity index (χ3n) is 3.27. The summed E-state index contributed by atoms with van der Waals surface area (Å²) in [7, 11) is 0. The zero-order valence-corrected chi connectivity index (χ0v) is 10.8. The van der Waals surface area contributed by atoms with Crippen molar-refractivity contribution < 1.29 is 13.2 Å². The molecule has 0 bridgehead atoms. The number of H-pyrrole nitrogens is 1. The van der Waals surface area contributed by atoms with E-state index >= 15 is 0 Å². The van der Waals surface area contributed by atoms with Gasteiger partial charge in [0, 0.05) is 24.4 Å². The van der Waals surface area contributed by atoms with E-state index in [1.165, 1.54) is 28.8 Å². The third kappa shape index (κ3) is 2.56. The topological polar surface area (TPSA) is 37.3 Å². The smallest absolute Gasteiger partial charge is 0.343 e. The first kappa shape index (κ1) is 13.5. The number of halogens is 3. The Hall–Kier alpha value is -2.50. The van der Waals surface area contributed by atoms with Gasteiger partial charge in [0.1, 0.15) is 5.65 Å². The summed E-state index contributed by atoms with van der Waals surface area (Å²) >= 11 is 0. The van der Waals surface area contributed by atoms with Crippen LogP contribution in [-0.4, -0.2) is 9.38 Å². The van der Waals surface area contributed by atoms with Gasteiger partial charge in [0.15, 0.2) is 0 Å². The number of hydrogen-bond donors (Lipinski definition) is 1. The summed E-state index contributed by atoms with van der Waals surface area (Å²) in [6.07, 6.45) is -2.78. The van der Waals surface area contributed by atoms with Crippen LogP contribution in [0.5, 0.6) is 0 Å². The second kappa shape index (κ2) is 4.80. The van der Waals surface area contributed by atoms with E-state index in [9.17, 15) is 18.0 Å². The van der Waals surface area contributed by atoms with E-state index in [2.05, 4.69) is 4.98 Å². The molecule has 21 heavy (non-hydrogen) atoms. The van der Waals surface area contributed by atoms with Gasteiger partial charge in [-0.25, -0.2) is 0 Å². The fraction of sp³-hybridized carbons (Fsp3) is 0.133. The Bertz CT molecular complexity index is 846. The number of fused-ring (bicyclic) bond motifs is 1. The van der Waals surface area contributed by atoms with Crippen molar-refractivity contribution >= 4 is 5.65 Å². The predicted octanol–water partition coefficient (Wildman–Crippen LogP) is 3.24. The van der Waals surface area contributed by atoms with Gasteiger partial charge in [-0.05, 0) is 17.7 Å². The Kier molecular flexibility index (Phi) is 3.08. The standard InChI is InChI=1S/C15H11F3N2O/c16-15(17,18)12-5-2-1-4-10(12)8-11-9-20-13(19-11)6-3-7-14(20)21/h1-7,9,19H,8H2. The van der Waals surface area contributed by atoms with Crippen LogP contribution in [0.1, 0.15) is 16.8 Å². The van der Waals surface area contributed by atoms with Gasteiger partial charge < -0.3 is 4.98 Å². The second-order valence-electron chi connectivity index (χ2n) is 4.73. The van der Waals surface area contributed by atoms with Gasteiger partial charge >= 0.3 is 6.18 Å². The second-order valence-corrected chi connectivity index (χ2v) is 4.73. The van der Waals surface area contributed by atoms with Crippen molar-refractivity contribution in [2.24, 2.45) is 0 Å². The van der Waals surface area contributed by atoms with Gasteiger partial charge in [-0.3, -0.25) is 9.20 Å². The molecule has 0 atom stereocenters. The molecule has 1 N–H and O–H groups in total. The average molecular weight is 292 g/mol. The monoisotopic (exact) mass is 292 g/mol. The van der Waals surface area contributed by atoms with Crippen LogP contribution in [0.4, 0.5) is 13.2 Å². The van der Waals surface area contributed by atoms with Gasteiger partial charge in [-0.1, -0.05) is 24.3 Å². The average Bonchev–Trinajstić information content (AvgIpc) is 2.82. The highest BCUT2D eigenvalue weighted by Gasteiger charge is 2.32. The maximum atomic E-state index is 13.0. The summed E-state index contributed by atoms with van der Waals surface area (Å²) in [5, 5.41) is 0. The lowest BCUT2D eigenvalue weighted by Crippen LogP contribution is -2.09. The van der Waals surface area contributed by atoms with Crippen molar-refractivity contribution in [3.8, 4) is 0 Å². The van der Waals surface area contributed by atoms with Crippen LogP contribution in [0.3, 0.4) is 0 Å². The molecular formula is C15H11F3N2O. The highest BCUT2D eigenvalue weighted by Crippen LogP contribution is 2.32. The van der Waals surface area contributed by atoms with Crippen LogP contribution in [0.2, 0.25) is 0 Å². The number of pyridine rings is 1. The minimum absolute atomic E-state index is 0.0802. The van der Waals surface area contributed by atoms with E-state index in [1.807, 2.05) is 0 Å².